The number of nitrogens with one attached hydrogen (secondary N) is 1. The maximum Gasteiger partial charge on any atom is 0.110 e. The van der Waals surface area contributed by atoms with Crippen LogP contribution in [0.3, 0.4) is 0 Å². The van der Waals surface area contributed by atoms with Crippen LogP contribution >= 0.6 is 11.3 Å². The van der Waals surface area contributed by atoms with Crippen LogP contribution in [0.2, 0.25) is 0 Å². The van der Waals surface area contributed by atoms with Crippen LogP contribution in [-0.2, 0) is 0 Å². The average molecular weight is 200 g/mol. The van der Waals surface area contributed by atoms with Crippen molar-refractivity contribution in [3.05, 3.63) is 41.8 Å². The van der Waals surface area contributed by atoms with E-state index in [1.807, 2.05) is 24.3 Å². The summed E-state index contributed by atoms with van der Waals surface area (Å²) in [6.45, 7) is 0. The normalized spacial score (nSPS) is 10.9. The Morgan fingerprint density at radius 3 is 2.86 bits per heavy atom. The molecule has 0 atom stereocenters. The molecule has 0 saturated carbocycles. The van der Waals surface area contributed by atoms with Crippen LogP contribution < -0.4 is 0 Å². The Morgan fingerprint density at radius 2 is 2.00 bits per heavy atom. The predicted octanol–water partition coefficient (Wildman–Crippen LogP) is 3.29. The Balaban J connectivity index is 2.33. The van der Waals surface area contributed by atoms with Crippen molar-refractivity contribution in [2.45, 2.75) is 0 Å². The van der Waals surface area contributed by atoms with Gasteiger partial charge in [-0.15, -0.1) is 11.3 Å². The van der Waals surface area contributed by atoms with Gasteiger partial charge in [0, 0.05) is 5.39 Å². The number of hydrogen-bond acceptors (Lipinski definition) is 2. The van der Waals surface area contributed by atoms with Crippen LogP contribution in [0.25, 0.3) is 21.5 Å². The number of benzene rings is 1. The van der Waals surface area contributed by atoms with Gasteiger partial charge in [-0.05, 0) is 17.5 Å². The van der Waals surface area contributed by atoms with Crippen molar-refractivity contribution in [3.8, 4) is 10.6 Å². The Morgan fingerprint density at radius 1 is 1.07 bits per heavy atom. The molecule has 0 aliphatic rings. The van der Waals surface area contributed by atoms with Crippen molar-refractivity contribution in [3.63, 3.8) is 0 Å². The number of fused-ring (bicyclic) bond motifs is 1. The van der Waals surface area contributed by atoms with Crippen molar-refractivity contribution in [1.82, 2.24) is 10.2 Å². The van der Waals surface area contributed by atoms with Crippen LogP contribution in [0, 0.1) is 0 Å². The quantitative estimate of drug-likeness (QED) is 0.641. The Bertz CT molecular complexity index is 551. The maximum atomic E-state index is 4.32. The number of nitrogens with zero attached hydrogens (tertiary/aromatic N) is 1. The molecule has 0 amide bonds. The monoisotopic (exact) mass is 200 g/mol. The van der Waals surface area contributed by atoms with Crippen LogP contribution in [-0.4, -0.2) is 10.2 Å². The molecular formula is C11H8N2S. The molecule has 0 bridgehead atoms. The smallest absolute Gasteiger partial charge is 0.110 e. The zero-order valence-corrected chi connectivity index (χ0v) is 8.21. The molecule has 0 unspecified atom stereocenters. The summed E-state index contributed by atoms with van der Waals surface area (Å²) in [5.41, 5.74) is 2.14. The zero-order valence-electron chi connectivity index (χ0n) is 7.40. The fraction of sp³-hybridized carbons (Fsp3) is 0. The molecule has 2 nitrogen and oxygen atoms in total. The van der Waals surface area contributed by atoms with Gasteiger partial charge in [0.2, 0.25) is 0 Å². The van der Waals surface area contributed by atoms with Gasteiger partial charge in [-0.25, -0.2) is 0 Å². The third-order valence-electron chi connectivity index (χ3n) is 2.22. The van der Waals surface area contributed by atoms with Crippen LogP contribution in [0.5, 0.6) is 0 Å². The SMILES string of the molecule is c1csc(-c2n[nH]c3ccccc23)c1. The van der Waals surface area contributed by atoms with E-state index in [1.54, 1.807) is 11.3 Å². The highest BCUT2D eigenvalue weighted by Crippen LogP contribution is 2.29. The molecular weight excluding hydrogens is 192 g/mol. The third-order valence-corrected chi connectivity index (χ3v) is 3.10. The van der Waals surface area contributed by atoms with Crippen molar-refractivity contribution < 1.29 is 0 Å². The number of hydrogen-bond donors (Lipinski definition) is 1. The van der Waals surface area contributed by atoms with Gasteiger partial charge in [0.05, 0.1) is 10.4 Å². The van der Waals surface area contributed by atoms with Crippen LogP contribution in [0.4, 0.5) is 0 Å². The van der Waals surface area contributed by atoms with Crippen molar-refractivity contribution in [2.75, 3.05) is 0 Å². The summed E-state index contributed by atoms with van der Waals surface area (Å²) in [6.07, 6.45) is 0. The standard InChI is InChI=1S/C11H8N2S/c1-2-5-9-8(4-1)11(13-12-9)10-6-3-7-14-10/h1-7H,(H,12,13). The fourth-order valence-corrected chi connectivity index (χ4v) is 2.29. The van der Waals surface area contributed by atoms with Crippen molar-refractivity contribution in [1.29, 1.82) is 0 Å². The predicted molar refractivity (Wildman–Crippen MR) is 59.4 cm³/mol. The number of thiophene rings is 1. The molecule has 0 saturated heterocycles. The Labute approximate surface area is 85.2 Å². The van der Waals surface area contributed by atoms with E-state index in [9.17, 15) is 0 Å². The van der Waals surface area contributed by atoms with Gasteiger partial charge in [0.1, 0.15) is 5.69 Å². The van der Waals surface area contributed by atoms with E-state index in [2.05, 4.69) is 27.7 Å². The molecule has 0 spiro atoms. The second kappa shape index (κ2) is 2.96. The average Bonchev–Trinajstić information content (AvgIpc) is 2.85. The largest absolute Gasteiger partial charge is 0.277 e. The molecule has 0 fully saturated rings. The number of para-hydroxylation sites is 1. The van der Waals surface area contributed by atoms with Gasteiger partial charge in [-0.3, -0.25) is 5.10 Å². The minimum absolute atomic E-state index is 1.05. The second-order valence-electron chi connectivity index (χ2n) is 3.10. The highest BCUT2D eigenvalue weighted by Gasteiger charge is 2.06. The molecule has 14 heavy (non-hydrogen) atoms. The molecule has 2 aromatic heterocycles. The summed E-state index contributed by atoms with van der Waals surface area (Å²) in [4.78, 5) is 1.21. The van der Waals surface area contributed by atoms with E-state index in [4.69, 9.17) is 0 Å². The van der Waals surface area contributed by atoms with Gasteiger partial charge >= 0.3 is 0 Å². The first-order valence-electron chi connectivity index (χ1n) is 4.42. The van der Waals surface area contributed by atoms with Gasteiger partial charge in [0.15, 0.2) is 0 Å². The third kappa shape index (κ3) is 1.06. The summed E-state index contributed by atoms with van der Waals surface area (Å²) in [6, 6.07) is 12.3. The molecule has 3 rings (SSSR count). The van der Waals surface area contributed by atoms with Gasteiger partial charge < -0.3 is 0 Å². The minimum atomic E-state index is 1.05. The van der Waals surface area contributed by atoms with Crippen molar-refractivity contribution in [2.24, 2.45) is 0 Å². The maximum absolute atomic E-state index is 4.32. The molecule has 0 aliphatic heterocycles. The van der Waals surface area contributed by atoms with Crippen LogP contribution in [0.1, 0.15) is 0 Å². The lowest BCUT2D eigenvalue weighted by atomic mass is 10.2. The Kier molecular flexibility index (Phi) is 1.64. The summed E-state index contributed by atoms with van der Waals surface area (Å²) in [5, 5.41) is 10.6. The van der Waals surface area contributed by atoms with Gasteiger partial charge in [-0.2, -0.15) is 5.10 Å². The van der Waals surface area contributed by atoms with E-state index < -0.39 is 0 Å². The fourth-order valence-electron chi connectivity index (χ4n) is 1.56. The second-order valence-corrected chi connectivity index (χ2v) is 4.04. The van der Waals surface area contributed by atoms with Crippen LogP contribution in [0.15, 0.2) is 41.8 Å². The zero-order chi connectivity index (χ0) is 9.38. The molecule has 1 aromatic carbocycles. The van der Waals surface area contributed by atoms with Gasteiger partial charge in [0.25, 0.3) is 0 Å². The number of aromatic nitrogens is 2. The Hall–Kier alpha value is -1.61. The lowest BCUT2D eigenvalue weighted by molar-refractivity contribution is 1.13. The van der Waals surface area contributed by atoms with E-state index >= 15 is 0 Å². The highest BCUT2D eigenvalue weighted by molar-refractivity contribution is 7.13. The number of H-pyrrole nitrogens is 1. The summed E-state index contributed by atoms with van der Waals surface area (Å²) in [7, 11) is 0. The summed E-state index contributed by atoms with van der Waals surface area (Å²) in [5.74, 6) is 0. The van der Waals surface area contributed by atoms with E-state index in [-0.39, 0.29) is 0 Å². The first-order chi connectivity index (χ1) is 6.95. The first kappa shape index (κ1) is 7.76. The summed E-state index contributed by atoms with van der Waals surface area (Å²) < 4.78 is 0. The molecule has 0 aliphatic carbocycles. The summed E-state index contributed by atoms with van der Waals surface area (Å²) >= 11 is 1.71. The first-order valence-corrected chi connectivity index (χ1v) is 5.30. The molecule has 68 valence electrons. The van der Waals surface area contributed by atoms with Crippen molar-refractivity contribution >= 4 is 22.2 Å². The highest BCUT2D eigenvalue weighted by atomic mass is 32.1. The number of aromatic amines is 1. The molecule has 3 heteroatoms. The molecule has 2 heterocycles. The molecule has 0 radical (unpaired) electrons. The molecule has 3 aromatic rings. The van der Waals surface area contributed by atoms with E-state index in [0.717, 1.165) is 11.2 Å². The number of rotatable bonds is 1. The van der Waals surface area contributed by atoms with E-state index in [1.165, 1.54) is 10.3 Å². The minimum Gasteiger partial charge on any atom is -0.277 e. The van der Waals surface area contributed by atoms with Gasteiger partial charge in [-0.1, -0.05) is 24.3 Å². The lowest BCUT2D eigenvalue weighted by Gasteiger charge is -1.90. The topological polar surface area (TPSA) is 28.7 Å². The lowest BCUT2D eigenvalue weighted by Crippen LogP contribution is -1.71. The van der Waals surface area contributed by atoms with E-state index in [0.29, 0.717) is 0 Å². The molecule has 1 N–H and O–H groups in total.